The maximum Gasteiger partial charge on any atom is 0.221 e. The van der Waals surface area contributed by atoms with Crippen molar-refractivity contribution in [1.82, 2.24) is 5.32 Å². The third-order valence-corrected chi connectivity index (χ3v) is 3.00. The minimum absolute atomic E-state index is 0.0804. The molecule has 1 fully saturated rings. The van der Waals surface area contributed by atoms with E-state index in [1.807, 2.05) is 32.0 Å². The van der Waals surface area contributed by atoms with Gasteiger partial charge in [0.15, 0.2) is 0 Å². The number of carbonyl (C=O) groups excluding carboxylic acids is 1. The second-order valence-electron chi connectivity index (χ2n) is 5.44. The highest BCUT2D eigenvalue weighted by molar-refractivity contribution is 5.77. The first kappa shape index (κ1) is 14.5. The van der Waals surface area contributed by atoms with E-state index in [1.54, 1.807) is 0 Å². The van der Waals surface area contributed by atoms with Gasteiger partial charge in [-0.1, -0.05) is 0 Å². The Labute approximate surface area is 119 Å². The van der Waals surface area contributed by atoms with Crippen LogP contribution in [0.5, 0.6) is 5.75 Å². The van der Waals surface area contributed by atoms with Crippen molar-refractivity contribution in [3.05, 3.63) is 18.2 Å². The van der Waals surface area contributed by atoms with Gasteiger partial charge in [-0.2, -0.15) is 0 Å². The van der Waals surface area contributed by atoms with Gasteiger partial charge in [-0.15, -0.1) is 0 Å². The van der Waals surface area contributed by atoms with Gasteiger partial charge in [0.25, 0.3) is 0 Å². The molecule has 1 aromatic carbocycles. The Balaban J connectivity index is 1.80. The van der Waals surface area contributed by atoms with E-state index in [-0.39, 0.29) is 12.0 Å². The van der Waals surface area contributed by atoms with Crippen LogP contribution >= 0.6 is 0 Å². The molecule has 2 rings (SSSR count). The molecule has 4 N–H and O–H groups in total. The smallest absolute Gasteiger partial charge is 0.221 e. The second-order valence-corrected chi connectivity index (χ2v) is 5.44. The third kappa shape index (κ3) is 4.64. The molecule has 0 saturated heterocycles. The van der Waals surface area contributed by atoms with Crippen LogP contribution < -0.4 is 21.1 Å². The van der Waals surface area contributed by atoms with Crippen LogP contribution in [0.1, 0.15) is 33.1 Å². The van der Waals surface area contributed by atoms with E-state index in [1.165, 1.54) is 0 Å². The minimum atomic E-state index is 0.0804. The van der Waals surface area contributed by atoms with Gasteiger partial charge in [-0.25, -0.2) is 0 Å². The van der Waals surface area contributed by atoms with Crippen molar-refractivity contribution in [3.8, 4) is 5.75 Å². The molecular formula is C15H23N3O2. The lowest BCUT2D eigenvalue weighted by Crippen LogP contribution is -2.27. The van der Waals surface area contributed by atoms with Crippen LogP contribution in [0.2, 0.25) is 0 Å². The Morgan fingerprint density at radius 2 is 2.20 bits per heavy atom. The first-order chi connectivity index (χ1) is 9.54. The van der Waals surface area contributed by atoms with E-state index >= 15 is 0 Å². The van der Waals surface area contributed by atoms with E-state index in [9.17, 15) is 4.79 Å². The van der Waals surface area contributed by atoms with Gasteiger partial charge in [0.05, 0.1) is 11.8 Å². The highest BCUT2D eigenvalue weighted by atomic mass is 16.5. The molecule has 1 saturated carbocycles. The first-order valence-corrected chi connectivity index (χ1v) is 7.14. The molecule has 0 unspecified atom stereocenters. The average Bonchev–Trinajstić information content (AvgIpc) is 3.16. The predicted octanol–water partition coefficient (Wildman–Crippen LogP) is 2.14. The van der Waals surface area contributed by atoms with Crippen molar-refractivity contribution >= 4 is 17.3 Å². The Kier molecular flexibility index (Phi) is 4.71. The van der Waals surface area contributed by atoms with Crippen LogP contribution in [0.3, 0.4) is 0 Å². The van der Waals surface area contributed by atoms with Gasteiger partial charge < -0.3 is 21.1 Å². The molecule has 110 valence electrons. The Hall–Kier alpha value is -1.91. The van der Waals surface area contributed by atoms with Crippen molar-refractivity contribution in [2.75, 3.05) is 17.6 Å². The van der Waals surface area contributed by atoms with Crippen LogP contribution in [0.25, 0.3) is 0 Å². The molecule has 1 aromatic rings. The molecule has 1 amide bonds. The first-order valence-electron chi connectivity index (χ1n) is 7.14. The quantitative estimate of drug-likeness (QED) is 0.667. The Morgan fingerprint density at radius 3 is 2.85 bits per heavy atom. The average molecular weight is 277 g/mol. The zero-order valence-electron chi connectivity index (χ0n) is 12.1. The largest absolute Gasteiger partial charge is 0.489 e. The summed E-state index contributed by atoms with van der Waals surface area (Å²) in [6.07, 6.45) is 2.79. The monoisotopic (exact) mass is 277 g/mol. The van der Waals surface area contributed by atoms with Crippen LogP contribution in [-0.2, 0) is 4.79 Å². The van der Waals surface area contributed by atoms with Crippen molar-refractivity contribution in [1.29, 1.82) is 0 Å². The summed E-state index contributed by atoms with van der Waals surface area (Å²) in [7, 11) is 0. The minimum Gasteiger partial charge on any atom is -0.489 e. The van der Waals surface area contributed by atoms with E-state index in [4.69, 9.17) is 10.5 Å². The van der Waals surface area contributed by atoms with Crippen molar-refractivity contribution in [2.24, 2.45) is 0 Å². The number of nitrogens with two attached hydrogens (primary N) is 1. The van der Waals surface area contributed by atoms with Gasteiger partial charge >= 0.3 is 0 Å². The molecule has 0 spiro atoms. The highest BCUT2D eigenvalue weighted by Gasteiger charge is 2.22. The van der Waals surface area contributed by atoms with Crippen molar-refractivity contribution in [2.45, 2.75) is 45.3 Å². The molecule has 1 aliphatic carbocycles. The van der Waals surface area contributed by atoms with Crippen LogP contribution in [0.15, 0.2) is 18.2 Å². The number of hydrogen-bond acceptors (Lipinski definition) is 4. The highest BCUT2D eigenvalue weighted by Crippen LogP contribution is 2.26. The molecule has 5 nitrogen and oxygen atoms in total. The fourth-order valence-electron chi connectivity index (χ4n) is 1.85. The number of benzene rings is 1. The molecular weight excluding hydrogens is 254 g/mol. The number of nitrogen functional groups attached to an aromatic ring is 1. The van der Waals surface area contributed by atoms with Crippen molar-refractivity contribution in [3.63, 3.8) is 0 Å². The lowest BCUT2D eigenvalue weighted by atomic mass is 10.2. The fourth-order valence-corrected chi connectivity index (χ4v) is 1.85. The molecule has 0 heterocycles. The maximum atomic E-state index is 11.6. The summed E-state index contributed by atoms with van der Waals surface area (Å²) in [6.45, 7) is 4.52. The van der Waals surface area contributed by atoms with E-state index in [0.29, 0.717) is 30.4 Å². The molecule has 0 bridgehead atoms. The molecule has 0 aliphatic heterocycles. The van der Waals surface area contributed by atoms with Gasteiger partial charge in [-0.3, -0.25) is 4.79 Å². The number of rotatable bonds is 7. The summed E-state index contributed by atoms with van der Waals surface area (Å²) in [6, 6.07) is 5.99. The zero-order valence-corrected chi connectivity index (χ0v) is 12.1. The number of hydrogen-bond donors (Lipinski definition) is 3. The molecule has 20 heavy (non-hydrogen) atoms. The normalized spacial score (nSPS) is 14.2. The summed E-state index contributed by atoms with van der Waals surface area (Å²) < 4.78 is 5.63. The fraction of sp³-hybridized carbons (Fsp3) is 0.533. The standard InChI is InChI=1S/C15H23N3O2/c1-10(2)20-14-9-12(5-6-13(14)16)17-8-7-15(19)18-11-3-4-11/h5-6,9-11,17H,3-4,7-8,16H2,1-2H3,(H,18,19). The molecule has 0 aromatic heterocycles. The zero-order chi connectivity index (χ0) is 14.5. The van der Waals surface area contributed by atoms with Gasteiger partial charge in [-0.05, 0) is 38.8 Å². The Bertz CT molecular complexity index is 470. The molecule has 0 radical (unpaired) electrons. The number of amides is 1. The summed E-state index contributed by atoms with van der Waals surface area (Å²) >= 11 is 0. The lowest BCUT2D eigenvalue weighted by molar-refractivity contribution is -0.120. The van der Waals surface area contributed by atoms with E-state index in [2.05, 4.69) is 10.6 Å². The predicted molar refractivity (Wildman–Crippen MR) is 80.9 cm³/mol. The lowest BCUT2D eigenvalue weighted by Gasteiger charge is -2.14. The van der Waals surface area contributed by atoms with Gasteiger partial charge in [0, 0.05) is 30.8 Å². The topological polar surface area (TPSA) is 76.4 Å². The molecule has 5 heteroatoms. The van der Waals surface area contributed by atoms with Gasteiger partial charge in [0.1, 0.15) is 5.75 Å². The van der Waals surface area contributed by atoms with Gasteiger partial charge in [0.2, 0.25) is 5.91 Å². The van der Waals surface area contributed by atoms with Crippen LogP contribution in [-0.4, -0.2) is 24.6 Å². The number of carbonyl (C=O) groups is 1. The second kappa shape index (κ2) is 6.50. The van der Waals surface area contributed by atoms with Crippen LogP contribution in [0, 0.1) is 0 Å². The van der Waals surface area contributed by atoms with Crippen molar-refractivity contribution < 1.29 is 9.53 Å². The molecule has 1 aliphatic rings. The van der Waals surface area contributed by atoms with Crippen LogP contribution in [0.4, 0.5) is 11.4 Å². The summed E-state index contributed by atoms with van der Waals surface area (Å²) in [5, 5.41) is 6.18. The number of anilines is 2. The summed E-state index contributed by atoms with van der Waals surface area (Å²) in [5.41, 5.74) is 7.39. The Morgan fingerprint density at radius 1 is 1.45 bits per heavy atom. The number of ether oxygens (including phenoxy) is 1. The maximum absolute atomic E-state index is 11.6. The summed E-state index contributed by atoms with van der Waals surface area (Å²) in [5.74, 6) is 0.779. The summed E-state index contributed by atoms with van der Waals surface area (Å²) in [4.78, 5) is 11.6. The SMILES string of the molecule is CC(C)Oc1cc(NCCC(=O)NC2CC2)ccc1N. The third-order valence-electron chi connectivity index (χ3n) is 3.00. The van der Waals surface area contributed by atoms with E-state index < -0.39 is 0 Å². The number of nitrogens with one attached hydrogen (secondary N) is 2. The molecule has 0 atom stereocenters. The van der Waals surface area contributed by atoms with E-state index in [0.717, 1.165) is 18.5 Å².